The highest BCUT2D eigenvalue weighted by atomic mass is 79.9. The van der Waals surface area contributed by atoms with Crippen LogP contribution in [0.1, 0.15) is 18.4 Å². The summed E-state index contributed by atoms with van der Waals surface area (Å²) in [5, 5.41) is 23.4. The smallest absolute Gasteiger partial charge is 0.387 e. The Balaban J connectivity index is 0.00000118. The number of nitro benzene ring substituents is 1. The Kier molecular flexibility index (Phi) is 12.8. The number of aryl methyl sites for hydroxylation is 1. The quantitative estimate of drug-likeness (QED) is 0.191. The summed E-state index contributed by atoms with van der Waals surface area (Å²) in [7, 11) is 0. The topological polar surface area (TPSA) is 101 Å². The number of anilines is 1. The number of rotatable bonds is 9. The first-order chi connectivity index (χ1) is 11.4. The molecule has 0 spiro atoms. The van der Waals surface area contributed by atoms with Gasteiger partial charge in [0, 0.05) is 18.7 Å². The average Bonchev–Trinajstić information content (AvgIpc) is 2.57. The number of nitrogens with two attached hydrogens (primary N) is 1. The van der Waals surface area contributed by atoms with E-state index in [1.807, 2.05) is 11.1 Å². The van der Waals surface area contributed by atoms with Gasteiger partial charge in [0.1, 0.15) is 5.69 Å². The molecule has 2 unspecified atom stereocenters. The van der Waals surface area contributed by atoms with E-state index in [0.29, 0.717) is 25.1 Å². The largest absolute Gasteiger partial charge is 0.497 e. The summed E-state index contributed by atoms with van der Waals surface area (Å²) in [6.07, 6.45) is 2.00. The third-order valence-electron chi connectivity index (χ3n) is 3.17. The van der Waals surface area contributed by atoms with Crippen molar-refractivity contribution < 1.29 is 10.0 Å². The standard InChI is InChI=1S/C14H21N3O3.C2H3.BrH.Mg/c1-3-14(18)11(15)5-4-8-16-12-9-10(2)6-7-13(12)17(19)20;1-2;;/h3,6-7,9,11,14,16,18H,1,4-5,8,15H2,2H3;1H,2H2;1H;/q;;;+1/p-1. The zero-order valence-electron chi connectivity index (χ0n) is 14.0. The highest BCUT2D eigenvalue weighted by molar-refractivity contribution is 9.23. The van der Waals surface area contributed by atoms with Gasteiger partial charge in [-0.15, -0.1) is 13.2 Å². The first-order valence-electron chi connectivity index (χ1n) is 7.59. The number of hydrogen-bond donors (Lipinski definition) is 3. The lowest BCUT2D eigenvalue weighted by Gasteiger charge is -2.15. The molecule has 0 aliphatic heterocycles. The van der Waals surface area contributed by atoms with Crippen LogP contribution in [-0.4, -0.2) is 46.9 Å². The molecule has 0 radical (unpaired) electrons. The van der Waals surface area contributed by atoms with Crippen molar-refractivity contribution in [3.05, 3.63) is 57.3 Å². The van der Waals surface area contributed by atoms with Gasteiger partial charge < -0.3 is 16.2 Å². The molecule has 0 aromatic heterocycles. The van der Waals surface area contributed by atoms with Gasteiger partial charge >= 0.3 is 18.2 Å². The van der Waals surface area contributed by atoms with E-state index in [0.717, 1.165) is 5.56 Å². The Morgan fingerprint density at radius 1 is 1.54 bits per heavy atom. The fraction of sp³-hybridized carbons (Fsp3) is 0.375. The van der Waals surface area contributed by atoms with E-state index in [2.05, 4.69) is 31.4 Å². The number of benzene rings is 1. The third-order valence-corrected chi connectivity index (χ3v) is 4.76. The Hall–Kier alpha value is -0.934. The first kappa shape index (κ1) is 23.1. The summed E-state index contributed by atoms with van der Waals surface area (Å²) in [4.78, 5) is 10.5. The Labute approximate surface area is 158 Å². The fourth-order valence-corrected chi connectivity index (χ4v) is 1.86. The number of nitro groups is 1. The third kappa shape index (κ3) is 9.38. The molecule has 0 aliphatic rings. The molecule has 1 aromatic rings. The maximum atomic E-state index is 10.9. The molecular formula is C16H24BrMgN3O3. The van der Waals surface area contributed by atoms with Crippen molar-refractivity contribution in [3.8, 4) is 0 Å². The maximum Gasteiger partial charge on any atom is 0.497 e. The first-order valence-corrected chi connectivity index (χ1v) is 12.3. The molecule has 0 aliphatic carbocycles. The van der Waals surface area contributed by atoms with E-state index in [1.54, 1.807) is 12.1 Å². The summed E-state index contributed by atoms with van der Waals surface area (Å²) < 4.78 is 1.93. The fourth-order valence-electron chi connectivity index (χ4n) is 1.86. The van der Waals surface area contributed by atoms with Gasteiger partial charge in [-0.05, 0) is 31.4 Å². The molecule has 0 saturated carbocycles. The number of aliphatic hydroxyl groups is 1. The van der Waals surface area contributed by atoms with E-state index < -0.39 is 11.0 Å². The van der Waals surface area contributed by atoms with Crippen LogP contribution in [0.25, 0.3) is 0 Å². The van der Waals surface area contributed by atoms with Crippen LogP contribution >= 0.6 is 12.9 Å². The summed E-state index contributed by atoms with van der Waals surface area (Å²) >= 11 is 3.27. The molecule has 130 valence electrons. The molecule has 24 heavy (non-hydrogen) atoms. The van der Waals surface area contributed by atoms with E-state index in [4.69, 9.17) is 5.73 Å². The normalized spacial score (nSPS) is 12.0. The van der Waals surface area contributed by atoms with Gasteiger partial charge in [0.25, 0.3) is 5.69 Å². The lowest BCUT2D eigenvalue weighted by molar-refractivity contribution is -0.384. The monoisotopic (exact) mass is 409 g/mol. The lowest BCUT2D eigenvalue weighted by Crippen LogP contribution is -2.33. The summed E-state index contributed by atoms with van der Waals surface area (Å²) in [5.41, 5.74) is 7.28. The minimum Gasteiger partial charge on any atom is -0.387 e. The van der Waals surface area contributed by atoms with Crippen LogP contribution in [0.5, 0.6) is 0 Å². The SMILES string of the molecule is C=CC(O)C(N)CCCNc1cc(C)ccc1[N+](=O)[O-].C=[CH][Mg][Br]. The second-order valence-electron chi connectivity index (χ2n) is 5.18. The van der Waals surface area contributed by atoms with Crippen LogP contribution in [0.15, 0.2) is 41.6 Å². The Bertz CT molecular complexity index is 543. The molecule has 0 amide bonds. The average molecular weight is 411 g/mol. The summed E-state index contributed by atoms with van der Waals surface area (Å²) in [6.45, 7) is 9.41. The van der Waals surface area contributed by atoms with Crippen LogP contribution in [-0.2, 0) is 0 Å². The molecule has 0 bridgehead atoms. The molecule has 6 nitrogen and oxygen atoms in total. The van der Waals surface area contributed by atoms with E-state index in [1.165, 1.54) is 12.1 Å². The van der Waals surface area contributed by atoms with Gasteiger partial charge in [-0.2, -0.15) is 4.21 Å². The molecular weight excluding hydrogens is 386 g/mol. The van der Waals surface area contributed by atoms with Crippen LogP contribution < -0.4 is 11.1 Å². The lowest BCUT2D eigenvalue weighted by atomic mass is 10.1. The zero-order chi connectivity index (χ0) is 18.5. The van der Waals surface area contributed by atoms with Crippen molar-refractivity contribution in [3.63, 3.8) is 0 Å². The van der Waals surface area contributed by atoms with Gasteiger partial charge in [-0.1, -0.05) is 12.1 Å². The minimum absolute atomic E-state index is 0.000772. The van der Waals surface area contributed by atoms with Crippen molar-refractivity contribution in [1.29, 1.82) is 0 Å². The second-order valence-corrected chi connectivity index (χ2v) is 8.01. The van der Waals surface area contributed by atoms with E-state index in [-0.39, 0.29) is 29.9 Å². The van der Waals surface area contributed by atoms with Crippen molar-refractivity contribution in [2.75, 3.05) is 11.9 Å². The van der Waals surface area contributed by atoms with Gasteiger partial charge in [-0.25, -0.2) is 0 Å². The Morgan fingerprint density at radius 2 is 2.17 bits per heavy atom. The molecule has 1 rings (SSSR count). The molecule has 4 N–H and O–H groups in total. The second kappa shape index (κ2) is 13.4. The maximum absolute atomic E-state index is 10.9. The van der Waals surface area contributed by atoms with Gasteiger partial charge in [0.15, 0.2) is 0 Å². The molecule has 8 heteroatoms. The number of hydrogen-bond acceptors (Lipinski definition) is 5. The van der Waals surface area contributed by atoms with E-state index in [9.17, 15) is 15.2 Å². The predicted molar refractivity (Wildman–Crippen MR) is 105 cm³/mol. The minimum atomic E-state index is -0.719. The van der Waals surface area contributed by atoms with Crippen molar-refractivity contribution in [2.45, 2.75) is 31.9 Å². The van der Waals surface area contributed by atoms with Gasteiger partial charge in [0.05, 0.1) is 11.0 Å². The van der Waals surface area contributed by atoms with Crippen LogP contribution in [0.2, 0.25) is 0 Å². The molecule has 0 saturated heterocycles. The van der Waals surface area contributed by atoms with Gasteiger partial charge in [0.2, 0.25) is 0 Å². The number of nitrogens with one attached hydrogen (secondary N) is 1. The van der Waals surface area contributed by atoms with Crippen molar-refractivity contribution in [2.24, 2.45) is 5.73 Å². The highest BCUT2D eigenvalue weighted by Crippen LogP contribution is 2.25. The van der Waals surface area contributed by atoms with Crippen molar-refractivity contribution >= 4 is 42.5 Å². The summed E-state index contributed by atoms with van der Waals surface area (Å²) in [6, 6.07) is 4.59. The number of aliphatic hydroxyl groups excluding tert-OH is 1. The van der Waals surface area contributed by atoms with Crippen LogP contribution in [0, 0.1) is 17.0 Å². The highest BCUT2D eigenvalue weighted by Gasteiger charge is 2.14. The molecule has 0 fully saturated rings. The summed E-state index contributed by atoms with van der Waals surface area (Å²) in [5.74, 6) is 0. The van der Waals surface area contributed by atoms with Crippen LogP contribution in [0.3, 0.4) is 0 Å². The number of nitrogens with zero attached hydrogens (tertiary/aromatic N) is 1. The molecule has 1 aromatic carbocycles. The Morgan fingerprint density at radius 3 is 2.67 bits per heavy atom. The number of halogens is 1. The van der Waals surface area contributed by atoms with Gasteiger partial charge in [-0.3, -0.25) is 23.0 Å². The predicted octanol–water partition coefficient (Wildman–Crippen LogP) is 3.11. The molecule has 2 atom stereocenters. The molecule has 0 heterocycles. The zero-order valence-corrected chi connectivity index (χ0v) is 17.0. The van der Waals surface area contributed by atoms with Crippen molar-refractivity contribution in [1.82, 2.24) is 0 Å². The van der Waals surface area contributed by atoms with E-state index >= 15 is 0 Å². The van der Waals surface area contributed by atoms with Crippen LogP contribution in [0.4, 0.5) is 11.4 Å².